The second-order valence-corrected chi connectivity index (χ2v) is 7.52. The van der Waals surface area contributed by atoms with E-state index in [9.17, 15) is 9.59 Å². The third kappa shape index (κ3) is 3.81. The number of hydrogen-bond donors (Lipinski definition) is 2. The number of nitrogens with two attached hydrogens (primary N) is 1. The van der Waals surface area contributed by atoms with E-state index < -0.39 is 5.91 Å². The summed E-state index contributed by atoms with van der Waals surface area (Å²) >= 11 is 2.61. The second-order valence-electron chi connectivity index (χ2n) is 5.66. The summed E-state index contributed by atoms with van der Waals surface area (Å²) in [5, 5.41) is 5.66. The fourth-order valence-corrected chi connectivity index (χ4v) is 4.04. The Labute approximate surface area is 159 Å². The number of rotatable bonds is 6. The number of primary amides is 1. The van der Waals surface area contributed by atoms with Crippen LogP contribution in [0.25, 0.3) is 5.69 Å². The monoisotopic (exact) mass is 386 g/mol. The Kier molecular flexibility index (Phi) is 5.43. The molecule has 2 heterocycles. The predicted molar refractivity (Wildman–Crippen MR) is 105 cm³/mol. The van der Waals surface area contributed by atoms with Crippen LogP contribution in [0.4, 0.5) is 5.00 Å². The zero-order chi connectivity index (χ0) is 18.7. The highest BCUT2D eigenvalue weighted by Crippen LogP contribution is 2.26. The highest BCUT2D eigenvalue weighted by atomic mass is 32.2. The number of anilines is 1. The number of benzene rings is 1. The number of hydrogen-bond acceptors (Lipinski definition) is 5. The average molecular weight is 387 g/mol. The minimum absolute atomic E-state index is 0.179. The number of carbonyl (C=O) groups is 2. The van der Waals surface area contributed by atoms with Gasteiger partial charge in [-0.15, -0.1) is 11.3 Å². The number of aryl methyl sites for hydroxylation is 1. The Morgan fingerprint density at radius 3 is 2.88 bits per heavy atom. The van der Waals surface area contributed by atoms with Crippen molar-refractivity contribution in [3.05, 3.63) is 58.7 Å². The summed E-state index contributed by atoms with van der Waals surface area (Å²) in [6.07, 6.45) is 3.60. The number of aromatic nitrogens is 2. The summed E-state index contributed by atoms with van der Waals surface area (Å²) < 4.78 is 1.97. The molecule has 0 radical (unpaired) electrons. The molecule has 0 bridgehead atoms. The van der Waals surface area contributed by atoms with Gasteiger partial charge in [-0.05, 0) is 42.5 Å². The first kappa shape index (κ1) is 18.2. The average Bonchev–Trinajstić information content (AvgIpc) is 3.24. The molecule has 2 aromatic heterocycles. The molecule has 3 N–H and O–H groups in total. The van der Waals surface area contributed by atoms with Gasteiger partial charge in [-0.2, -0.15) is 0 Å². The standard InChI is InChI=1S/C18H18N4O2S2/c1-11-4-3-5-14(12(11)2)22-8-7-20-18(22)26-10-15(23)21-17-13(16(19)24)6-9-25-17/h3-9H,10H2,1-2H3,(H2,19,24)(H,21,23). The molecule has 0 fully saturated rings. The number of nitrogens with one attached hydrogen (secondary N) is 1. The zero-order valence-electron chi connectivity index (χ0n) is 14.4. The quantitative estimate of drug-likeness (QED) is 0.636. The first-order valence-corrected chi connectivity index (χ1v) is 9.73. The SMILES string of the molecule is Cc1cccc(-n2ccnc2SCC(=O)Nc2sccc2C(N)=O)c1C. The molecule has 26 heavy (non-hydrogen) atoms. The first-order valence-electron chi connectivity index (χ1n) is 7.87. The Hall–Kier alpha value is -2.58. The van der Waals surface area contributed by atoms with E-state index in [1.807, 2.05) is 22.9 Å². The van der Waals surface area contributed by atoms with Gasteiger partial charge in [0.25, 0.3) is 5.91 Å². The lowest BCUT2D eigenvalue weighted by Gasteiger charge is -2.12. The fraction of sp³-hybridized carbons (Fsp3) is 0.167. The van der Waals surface area contributed by atoms with Gasteiger partial charge in [0, 0.05) is 12.4 Å². The maximum absolute atomic E-state index is 12.2. The van der Waals surface area contributed by atoms with Crippen LogP contribution in [0.3, 0.4) is 0 Å². The summed E-state index contributed by atoms with van der Waals surface area (Å²) in [7, 11) is 0. The van der Waals surface area contributed by atoms with E-state index in [-0.39, 0.29) is 11.7 Å². The van der Waals surface area contributed by atoms with Crippen molar-refractivity contribution in [2.45, 2.75) is 19.0 Å². The van der Waals surface area contributed by atoms with Crippen molar-refractivity contribution in [3.8, 4) is 5.69 Å². The van der Waals surface area contributed by atoms with E-state index in [1.54, 1.807) is 17.6 Å². The molecule has 1 aromatic carbocycles. The van der Waals surface area contributed by atoms with Crippen molar-refractivity contribution in [2.24, 2.45) is 5.73 Å². The minimum atomic E-state index is -0.556. The van der Waals surface area contributed by atoms with Gasteiger partial charge >= 0.3 is 0 Å². The van der Waals surface area contributed by atoms with Crippen LogP contribution < -0.4 is 11.1 Å². The Balaban J connectivity index is 1.70. The number of thiophene rings is 1. The van der Waals surface area contributed by atoms with Crippen LogP contribution in [-0.2, 0) is 4.79 Å². The third-order valence-corrected chi connectivity index (χ3v) is 5.76. The maximum Gasteiger partial charge on any atom is 0.251 e. The van der Waals surface area contributed by atoms with Gasteiger partial charge in [0.2, 0.25) is 5.91 Å². The molecule has 2 amide bonds. The molecule has 0 aliphatic carbocycles. The molecular formula is C18H18N4O2S2. The predicted octanol–water partition coefficient (Wildman–Crippen LogP) is 3.38. The molecule has 6 nitrogen and oxygen atoms in total. The molecule has 0 aliphatic heterocycles. The third-order valence-electron chi connectivity index (χ3n) is 3.96. The van der Waals surface area contributed by atoms with Crippen molar-refractivity contribution < 1.29 is 9.59 Å². The van der Waals surface area contributed by atoms with Crippen LogP contribution in [0.5, 0.6) is 0 Å². The summed E-state index contributed by atoms with van der Waals surface area (Å²) in [6.45, 7) is 4.13. The largest absolute Gasteiger partial charge is 0.366 e. The van der Waals surface area contributed by atoms with Crippen molar-refractivity contribution in [1.82, 2.24) is 9.55 Å². The Morgan fingerprint density at radius 1 is 1.31 bits per heavy atom. The highest BCUT2D eigenvalue weighted by molar-refractivity contribution is 7.99. The molecule has 0 unspecified atom stereocenters. The molecule has 0 saturated heterocycles. The summed E-state index contributed by atoms with van der Waals surface area (Å²) in [5.41, 5.74) is 9.02. The van der Waals surface area contributed by atoms with Crippen molar-refractivity contribution >= 4 is 39.9 Å². The second kappa shape index (κ2) is 7.76. The highest BCUT2D eigenvalue weighted by Gasteiger charge is 2.14. The summed E-state index contributed by atoms with van der Waals surface area (Å²) in [6, 6.07) is 7.69. The van der Waals surface area contributed by atoms with Crippen LogP contribution in [0, 0.1) is 13.8 Å². The zero-order valence-corrected chi connectivity index (χ0v) is 16.0. The number of carbonyl (C=O) groups excluding carboxylic acids is 2. The Morgan fingerprint density at radius 2 is 2.12 bits per heavy atom. The number of amides is 2. The van der Waals surface area contributed by atoms with Gasteiger partial charge in [-0.3, -0.25) is 14.2 Å². The molecule has 3 aromatic rings. The smallest absolute Gasteiger partial charge is 0.251 e. The van der Waals surface area contributed by atoms with Gasteiger partial charge < -0.3 is 11.1 Å². The van der Waals surface area contributed by atoms with E-state index in [0.717, 1.165) is 10.8 Å². The van der Waals surface area contributed by atoms with Crippen LogP contribution in [0.15, 0.2) is 47.2 Å². The fourth-order valence-electron chi connectivity index (χ4n) is 2.47. The lowest BCUT2D eigenvalue weighted by Crippen LogP contribution is -2.18. The van der Waals surface area contributed by atoms with Gasteiger partial charge in [0.1, 0.15) is 5.00 Å². The number of imidazole rings is 1. The lowest BCUT2D eigenvalue weighted by molar-refractivity contribution is -0.113. The van der Waals surface area contributed by atoms with Gasteiger partial charge in [-0.25, -0.2) is 4.98 Å². The van der Waals surface area contributed by atoms with E-state index >= 15 is 0 Å². The molecule has 0 atom stereocenters. The Bertz CT molecular complexity index is 962. The number of thioether (sulfide) groups is 1. The molecular weight excluding hydrogens is 368 g/mol. The van der Waals surface area contributed by atoms with E-state index in [2.05, 4.69) is 30.2 Å². The maximum atomic E-state index is 12.2. The van der Waals surface area contributed by atoms with Crippen LogP contribution in [0.1, 0.15) is 21.5 Å². The molecule has 134 valence electrons. The lowest BCUT2D eigenvalue weighted by atomic mass is 10.1. The molecule has 0 spiro atoms. The van der Waals surface area contributed by atoms with Gasteiger partial charge in [0.05, 0.1) is 17.0 Å². The van der Waals surface area contributed by atoms with Crippen molar-refractivity contribution in [2.75, 3.05) is 11.1 Å². The van der Waals surface area contributed by atoms with Gasteiger partial charge in [0.15, 0.2) is 5.16 Å². The molecule has 3 rings (SSSR count). The minimum Gasteiger partial charge on any atom is -0.366 e. The van der Waals surface area contributed by atoms with Gasteiger partial charge in [-0.1, -0.05) is 23.9 Å². The van der Waals surface area contributed by atoms with Crippen LogP contribution in [-0.4, -0.2) is 27.1 Å². The molecule has 0 saturated carbocycles. The number of nitrogens with zero attached hydrogens (tertiary/aromatic N) is 2. The summed E-state index contributed by atoms with van der Waals surface area (Å²) in [5.74, 6) is -0.590. The van der Waals surface area contributed by atoms with Crippen LogP contribution >= 0.6 is 23.1 Å². The first-order chi connectivity index (χ1) is 12.5. The summed E-state index contributed by atoms with van der Waals surface area (Å²) in [4.78, 5) is 27.9. The topological polar surface area (TPSA) is 90.0 Å². The normalized spacial score (nSPS) is 10.7. The van der Waals surface area contributed by atoms with Crippen molar-refractivity contribution in [3.63, 3.8) is 0 Å². The van der Waals surface area contributed by atoms with E-state index in [1.165, 1.54) is 34.2 Å². The molecule has 0 aliphatic rings. The van der Waals surface area contributed by atoms with Crippen molar-refractivity contribution in [1.29, 1.82) is 0 Å². The van der Waals surface area contributed by atoms with E-state index in [4.69, 9.17) is 5.73 Å². The van der Waals surface area contributed by atoms with Crippen LogP contribution in [0.2, 0.25) is 0 Å². The van der Waals surface area contributed by atoms with E-state index in [0.29, 0.717) is 10.6 Å². The molecule has 8 heteroatoms.